The molecule has 1 atom stereocenters. The van der Waals surface area contributed by atoms with Crippen molar-refractivity contribution in [2.75, 3.05) is 25.7 Å². The summed E-state index contributed by atoms with van der Waals surface area (Å²) in [6, 6.07) is 12.8. The highest BCUT2D eigenvalue weighted by atomic mass is 32.2. The lowest BCUT2D eigenvalue weighted by Crippen LogP contribution is -2.41. The number of hydrogen-bond acceptors (Lipinski definition) is 5. The van der Waals surface area contributed by atoms with Crippen LogP contribution in [0, 0.1) is 0 Å². The van der Waals surface area contributed by atoms with Crippen molar-refractivity contribution in [1.82, 2.24) is 4.72 Å². The summed E-state index contributed by atoms with van der Waals surface area (Å²) in [5, 5.41) is 0. The monoisotopic (exact) mass is 376 g/mol. The van der Waals surface area contributed by atoms with E-state index in [2.05, 4.69) is 4.72 Å². The SMILES string of the molecule is COc1ccc(OC)c(S(=O)(=O)N[C@@H]2CCN(c3ccccc3)C2=O)c1. The highest BCUT2D eigenvalue weighted by molar-refractivity contribution is 7.89. The molecule has 0 spiro atoms. The molecule has 1 aliphatic rings. The number of ether oxygens (including phenoxy) is 2. The predicted molar refractivity (Wildman–Crippen MR) is 97.1 cm³/mol. The quantitative estimate of drug-likeness (QED) is 0.831. The van der Waals surface area contributed by atoms with E-state index in [0.29, 0.717) is 18.7 Å². The number of para-hydroxylation sites is 1. The number of nitrogens with one attached hydrogen (secondary N) is 1. The molecule has 0 saturated carbocycles. The molecule has 1 saturated heterocycles. The molecule has 2 aromatic carbocycles. The second-order valence-corrected chi connectivity index (χ2v) is 7.49. The zero-order valence-corrected chi connectivity index (χ0v) is 15.3. The van der Waals surface area contributed by atoms with Crippen molar-refractivity contribution in [2.24, 2.45) is 0 Å². The molecule has 1 heterocycles. The third-order valence-corrected chi connectivity index (χ3v) is 5.72. The van der Waals surface area contributed by atoms with Crippen LogP contribution in [0.3, 0.4) is 0 Å². The van der Waals surface area contributed by atoms with Crippen LogP contribution in [0.25, 0.3) is 0 Å². The molecular weight excluding hydrogens is 356 g/mol. The van der Waals surface area contributed by atoms with Gasteiger partial charge in [0.05, 0.1) is 14.2 Å². The molecule has 1 aliphatic heterocycles. The Morgan fingerprint density at radius 2 is 1.81 bits per heavy atom. The average Bonchev–Trinajstić information content (AvgIpc) is 3.01. The number of nitrogens with zero attached hydrogens (tertiary/aromatic N) is 1. The maximum atomic E-state index is 12.8. The Morgan fingerprint density at radius 3 is 2.46 bits per heavy atom. The highest BCUT2D eigenvalue weighted by Gasteiger charge is 2.36. The van der Waals surface area contributed by atoms with Gasteiger partial charge in [0.1, 0.15) is 22.4 Å². The number of rotatable bonds is 6. The normalized spacial score (nSPS) is 17.4. The minimum atomic E-state index is -3.96. The Morgan fingerprint density at radius 1 is 1.08 bits per heavy atom. The Labute approximate surface area is 152 Å². The van der Waals surface area contributed by atoms with Gasteiger partial charge in [-0.15, -0.1) is 0 Å². The van der Waals surface area contributed by atoms with Gasteiger partial charge in [-0.2, -0.15) is 4.72 Å². The van der Waals surface area contributed by atoms with Crippen molar-refractivity contribution in [3.05, 3.63) is 48.5 Å². The van der Waals surface area contributed by atoms with Crippen molar-refractivity contribution in [2.45, 2.75) is 17.4 Å². The van der Waals surface area contributed by atoms with E-state index < -0.39 is 16.1 Å². The minimum Gasteiger partial charge on any atom is -0.497 e. The molecule has 1 fully saturated rings. The maximum Gasteiger partial charge on any atom is 0.245 e. The first-order chi connectivity index (χ1) is 12.5. The summed E-state index contributed by atoms with van der Waals surface area (Å²) >= 11 is 0. The number of hydrogen-bond donors (Lipinski definition) is 1. The van der Waals surface area contributed by atoms with Crippen LogP contribution in [0.4, 0.5) is 5.69 Å². The van der Waals surface area contributed by atoms with E-state index in [1.54, 1.807) is 11.0 Å². The fraction of sp³-hybridized carbons (Fsp3) is 0.278. The summed E-state index contributed by atoms with van der Waals surface area (Å²) in [4.78, 5) is 14.2. The second kappa shape index (κ2) is 7.35. The van der Waals surface area contributed by atoms with Gasteiger partial charge in [0.15, 0.2) is 0 Å². The van der Waals surface area contributed by atoms with E-state index in [1.165, 1.54) is 26.4 Å². The molecule has 0 radical (unpaired) electrons. The average molecular weight is 376 g/mol. The van der Waals surface area contributed by atoms with Crippen molar-refractivity contribution in [3.63, 3.8) is 0 Å². The van der Waals surface area contributed by atoms with Crippen LogP contribution in [0.1, 0.15) is 6.42 Å². The second-order valence-electron chi connectivity index (χ2n) is 5.80. The van der Waals surface area contributed by atoms with Crippen LogP contribution in [-0.2, 0) is 14.8 Å². The summed E-state index contributed by atoms with van der Waals surface area (Å²) in [5.41, 5.74) is 0.748. The molecule has 8 heteroatoms. The lowest BCUT2D eigenvalue weighted by atomic mass is 10.3. The topological polar surface area (TPSA) is 84.9 Å². The van der Waals surface area contributed by atoms with Gasteiger partial charge in [0.2, 0.25) is 15.9 Å². The lowest BCUT2D eigenvalue weighted by molar-refractivity contribution is -0.118. The fourth-order valence-electron chi connectivity index (χ4n) is 2.90. The Bertz CT molecular complexity index is 899. The van der Waals surface area contributed by atoms with Crippen LogP contribution < -0.4 is 19.1 Å². The van der Waals surface area contributed by atoms with Crippen LogP contribution in [-0.4, -0.2) is 41.1 Å². The number of methoxy groups -OCH3 is 2. The molecule has 0 aliphatic carbocycles. The van der Waals surface area contributed by atoms with Crippen LogP contribution in [0.5, 0.6) is 11.5 Å². The number of amides is 1. The zero-order valence-electron chi connectivity index (χ0n) is 14.5. The molecule has 138 valence electrons. The van der Waals surface area contributed by atoms with E-state index in [4.69, 9.17) is 9.47 Å². The molecule has 0 bridgehead atoms. The maximum absolute atomic E-state index is 12.8. The van der Waals surface area contributed by atoms with Crippen molar-refractivity contribution < 1.29 is 22.7 Å². The molecular formula is C18H20N2O5S. The van der Waals surface area contributed by atoms with Crippen LogP contribution >= 0.6 is 0 Å². The third kappa shape index (κ3) is 3.51. The molecule has 3 rings (SSSR count). The first-order valence-corrected chi connectivity index (χ1v) is 9.55. The van der Waals surface area contributed by atoms with Gasteiger partial charge in [-0.3, -0.25) is 4.79 Å². The van der Waals surface area contributed by atoms with Gasteiger partial charge in [-0.05, 0) is 30.7 Å². The lowest BCUT2D eigenvalue weighted by Gasteiger charge is -2.18. The largest absolute Gasteiger partial charge is 0.497 e. The summed E-state index contributed by atoms with van der Waals surface area (Å²) in [5.74, 6) is 0.292. The van der Waals surface area contributed by atoms with Gasteiger partial charge in [0.25, 0.3) is 0 Å². The molecule has 26 heavy (non-hydrogen) atoms. The van der Waals surface area contributed by atoms with E-state index in [1.807, 2.05) is 30.3 Å². The van der Waals surface area contributed by atoms with E-state index >= 15 is 0 Å². The standard InChI is InChI=1S/C18H20N2O5S/c1-24-14-8-9-16(25-2)17(12-14)26(22,23)19-15-10-11-20(18(15)21)13-6-4-3-5-7-13/h3-9,12,15,19H,10-11H2,1-2H3/t15-/m1/s1. The van der Waals surface area contributed by atoms with E-state index in [9.17, 15) is 13.2 Å². The van der Waals surface area contributed by atoms with Crippen molar-refractivity contribution in [3.8, 4) is 11.5 Å². The number of anilines is 1. The Hall–Kier alpha value is -2.58. The summed E-state index contributed by atoms with van der Waals surface area (Å²) in [7, 11) is -1.12. The Balaban J connectivity index is 1.84. The van der Waals surface area contributed by atoms with Gasteiger partial charge >= 0.3 is 0 Å². The van der Waals surface area contributed by atoms with Crippen LogP contribution in [0.15, 0.2) is 53.4 Å². The van der Waals surface area contributed by atoms with Gasteiger partial charge in [-0.25, -0.2) is 8.42 Å². The van der Waals surface area contributed by atoms with E-state index in [0.717, 1.165) is 5.69 Å². The zero-order chi connectivity index (χ0) is 18.7. The first-order valence-electron chi connectivity index (χ1n) is 8.07. The molecule has 7 nitrogen and oxygen atoms in total. The Kier molecular flexibility index (Phi) is 5.15. The number of benzene rings is 2. The van der Waals surface area contributed by atoms with Crippen molar-refractivity contribution >= 4 is 21.6 Å². The highest BCUT2D eigenvalue weighted by Crippen LogP contribution is 2.29. The number of carbonyl (C=O) groups is 1. The smallest absolute Gasteiger partial charge is 0.245 e. The summed E-state index contributed by atoms with van der Waals surface area (Å²) in [6.07, 6.45) is 0.388. The summed E-state index contributed by atoms with van der Waals surface area (Å²) in [6.45, 7) is 0.450. The molecule has 2 aromatic rings. The fourth-order valence-corrected chi connectivity index (χ4v) is 4.31. The molecule has 0 unspecified atom stereocenters. The summed E-state index contributed by atoms with van der Waals surface area (Å²) < 4.78 is 38.3. The van der Waals surface area contributed by atoms with Gasteiger partial charge < -0.3 is 14.4 Å². The van der Waals surface area contributed by atoms with Crippen molar-refractivity contribution in [1.29, 1.82) is 0 Å². The molecule has 1 amide bonds. The molecule has 0 aromatic heterocycles. The van der Waals surface area contributed by atoms with E-state index in [-0.39, 0.29) is 16.6 Å². The number of sulfonamides is 1. The molecule has 1 N–H and O–H groups in total. The first kappa shape index (κ1) is 18.2. The minimum absolute atomic E-state index is 0.0645. The predicted octanol–water partition coefficient (Wildman–Crippen LogP) is 1.79. The van der Waals surface area contributed by atoms with Gasteiger partial charge in [-0.1, -0.05) is 18.2 Å². The van der Waals surface area contributed by atoms with Gasteiger partial charge in [0, 0.05) is 18.3 Å². The third-order valence-electron chi connectivity index (χ3n) is 4.23. The number of carbonyl (C=O) groups excluding carboxylic acids is 1. The van der Waals surface area contributed by atoms with Crippen LogP contribution in [0.2, 0.25) is 0 Å².